The van der Waals surface area contributed by atoms with Crippen LogP contribution in [0.1, 0.15) is 74.3 Å². The second-order valence-electron chi connectivity index (χ2n) is 9.83. The maximum absolute atomic E-state index is 15.5. The summed E-state index contributed by atoms with van der Waals surface area (Å²) in [5.74, 6) is -17.0. The maximum Gasteiger partial charge on any atom is 0.343 e. The number of hydrogen-bond donors (Lipinski definition) is 0. The van der Waals surface area contributed by atoms with Crippen molar-refractivity contribution in [2.24, 2.45) is 0 Å². The van der Waals surface area contributed by atoms with Gasteiger partial charge in [0.15, 0.2) is 11.6 Å². The van der Waals surface area contributed by atoms with E-state index in [1.54, 1.807) is 19.1 Å². The fourth-order valence-electron chi connectivity index (χ4n) is 4.91. The van der Waals surface area contributed by atoms with E-state index < -0.39 is 57.3 Å². The van der Waals surface area contributed by atoms with Gasteiger partial charge in [0, 0.05) is 12.5 Å². The summed E-state index contributed by atoms with van der Waals surface area (Å²) in [5.41, 5.74) is -3.43. The molecule has 0 saturated carbocycles. The fraction of sp³-hybridized carbons (Fsp3) is 0.400. The molecular weight excluding hydrogens is 509 g/mol. The topological polar surface area (TPSA) is 9.23 Å². The summed E-state index contributed by atoms with van der Waals surface area (Å²) in [6.07, 6.45) is 4.33. The van der Waals surface area contributed by atoms with Crippen molar-refractivity contribution in [3.8, 4) is 16.9 Å². The lowest BCUT2D eigenvalue weighted by Crippen LogP contribution is -2.41. The number of rotatable bonds is 9. The van der Waals surface area contributed by atoms with E-state index in [9.17, 15) is 4.39 Å². The minimum absolute atomic E-state index is 0.00169. The molecule has 38 heavy (non-hydrogen) atoms. The van der Waals surface area contributed by atoms with Gasteiger partial charge in [0.2, 0.25) is 0 Å². The molecule has 1 aliphatic rings. The highest BCUT2D eigenvalue weighted by Gasteiger charge is 2.65. The molecule has 0 unspecified atom stereocenters. The predicted octanol–water partition coefficient (Wildman–Crippen LogP) is 9.74. The number of halogens is 7. The molecule has 0 bridgehead atoms. The number of unbranched alkanes of at least 4 members (excludes halogenated alkanes) is 2. The Morgan fingerprint density at radius 3 is 1.87 bits per heavy atom. The van der Waals surface area contributed by atoms with Crippen LogP contribution in [0.5, 0.6) is 5.75 Å². The average molecular weight is 539 g/mol. The van der Waals surface area contributed by atoms with Crippen molar-refractivity contribution in [1.29, 1.82) is 0 Å². The normalized spacial score (nSPS) is 16.9. The van der Waals surface area contributed by atoms with Gasteiger partial charge in [0.1, 0.15) is 5.82 Å². The first-order valence-corrected chi connectivity index (χ1v) is 12.7. The van der Waals surface area contributed by atoms with Gasteiger partial charge in [-0.05, 0) is 53.6 Å². The molecule has 3 aromatic carbocycles. The third-order valence-electron chi connectivity index (χ3n) is 7.00. The summed E-state index contributed by atoms with van der Waals surface area (Å²) in [6.45, 7) is 4.75. The molecule has 1 aliphatic carbocycles. The van der Waals surface area contributed by atoms with E-state index in [1.165, 1.54) is 18.2 Å². The first-order chi connectivity index (χ1) is 17.9. The Morgan fingerprint density at radius 2 is 1.29 bits per heavy atom. The van der Waals surface area contributed by atoms with Gasteiger partial charge in [0.05, 0.1) is 11.1 Å². The van der Waals surface area contributed by atoms with Gasteiger partial charge in [-0.25, -0.2) is 8.78 Å². The Labute approximate surface area is 217 Å². The monoisotopic (exact) mass is 538 g/mol. The van der Waals surface area contributed by atoms with Gasteiger partial charge in [-0.15, -0.1) is 0 Å². The van der Waals surface area contributed by atoms with Crippen LogP contribution in [-0.2, 0) is 30.5 Å². The molecule has 0 fully saturated rings. The van der Waals surface area contributed by atoms with Crippen LogP contribution in [0.15, 0.2) is 48.5 Å². The van der Waals surface area contributed by atoms with Gasteiger partial charge in [-0.1, -0.05) is 69.5 Å². The van der Waals surface area contributed by atoms with Crippen LogP contribution in [-0.4, -0.2) is 0 Å². The van der Waals surface area contributed by atoms with Gasteiger partial charge in [0.25, 0.3) is 5.85 Å². The lowest BCUT2D eigenvalue weighted by Gasteiger charge is -2.36. The second kappa shape index (κ2) is 10.3. The van der Waals surface area contributed by atoms with E-state index in [0.717, 1.165) is 56.4 Å². The number of aryl methyl sites for hydroxylation is 2. The van der Waals surface area contributed by atoms with Crippen molar-refractivity contribution in [2.75, 3.05) is 0 Å². The van der Waals surface area contributed by atoms with E-state index in [0.29, 0.717) is 6.42 Å². The summed E-state index contributed by atoms with van der Waals surface area (Å²) in [4.78, 5) is 0. The molecule has 8 heteroatoms. The predicted molar refractivity (Wildman–Crippen MR) is 132 cm³/mol. The number of fused-ring (bicyclic) bond motifs is 3. The molecule has 0 spiro atoms. The Balaban J connectivity index is 1.74. The molecule has 0 heterocycles. The van der Waals surface area contributed by atoms with Crippen LogP contribution in [0, 0.1) is 11.6 Å². The summed E-state index contributed by atoms with van der Waals surface area (Å²) in [5, 5.41) is 0. The standard InChI is InChI=1S/C30H29F7O/c1-4-6-7-9-18-10-13-20(14-11-18)28(3,33)38-23-17-16-22-21-15-12-19(8-5-2)26(31)24(21)29(34,35)30(36,37)25(22)27(23)32/h10-17H,4-9H2,1-3H3/t28-/m0/s1. The number of hydrogen-bond acceptors (Lipinski definition) is 1. The van der Waals surface area contributed by atoms with E-state index in [-0.39, 0.29) is 17.5 Å². The molecule has 0 aliphatic heterocycles. The summed E-state index contributed by atoms with van der Waals surface area (Å²) >= 11 is 0. The van der Waals surface area contributed by atoms with E-state index in [4.69, 9.17) is 4.74 Å². The SMILES string of the molecule is CCCCCc1ccc([C@@](C)(F)Oc2ccc3c(c2F)C(F)(F)C(F)(F)c2c-3ccc(CCC)c2F)cc1. The Bertz CT molecular complexity index is 1310. The third kappa shape index (κ3) is 4.67. The molecule has 4 rings (SSSR count). The highest BCUT2D eigenvalue weighted by atomic mass is 19.3. The molecule has 0 saturated heterocycles. The highest BCUT2D eigenvalue weighted by Crippen LogP contribution is 2.60. The fourth-order valence-corrected chi connectivity index (χ4v) is 4.91. The number of alkyl halides is 5. The van der Waals surface area contributed by atoms with Crippen LogP contribution in [0.3, 0.4) is 0 Å². The second-order valence-corrected chi connectivity index (χ2v) is 9.83. The van der Waals surface area contributed by atoms with Crippen LogP contribution >= 0.6 is 0 Å². The maximum atomic E-state index is 15.5. The van der Waals surface area contributed by atoms with Crippen molar-refractivity contribution in [3.05, 3.63) is 88.0 Å². The number of benzene rings is 3. The summed E-state index contributed by atoms with van der Waals surface area (Å²) < 4.78 is 112. The quantitative estimate of drug-likeness (QED) is 0.195. The Morgan fingerprint density at radius 1 is 0.711 bits per heavy atom. The molecule has 0 radical (unpaired) electrons. The first-order valence-electron chi connectivity index (χ1n) is 12.7. The minimum atomic E-state index is -5.11. The van der Waals surface area contributed by atoms with E-state index in [1.807, 2.05) is 0 Å². The van der Waals surface area contributed by atoms with E-state index in [2.05, 4.69) is 6.92 Å². The number of ether oxygens (including phenoxy) is 1. The zero-order valence-corrected chi connectivity index (χ0v) is 21.4. The van der Waals surface area contributed by atoms with Gasteiger partial charge < -0.3 is 4.74 Å². The van der Waals surface area contributed by atoms with Crippen molar-refractivity contribution in [2.45, 2.75) is 77.0 Å². The molecular formula is C30H29F7O. The van der Waals surface area contributed by atoms with Crippen molar-refractivity contribution >= 4 is 0 Å². The molecule has 0 amide bonds. The van der Waals surface area contributed by atoms with Crippen molar-refractivity contribution in [3.63, 3.8) is 0 Å². The van der Waals surface area contributed by atoms with Crippen LogP contribution < -0.4 is 4.74 Å². The zero-order valence-electron chi connectivity index (χ0n) is 21.4. The van der Waals surface area contributed by atoms with Crippen molar-refractivity contribution in [1.82, 2.24) is 0 Å². The van der Waals surface area contributed by atoms with Crippen molar-refractivity contribution < 1.29 is 35.5 Å². The molecule has 0 aromatic heterocycles. The van der Waals surface area contributed by atoms with Crippen LogP contribution in [0.4, 0.5) is 30.7 Å². The summed E-state index contributed by atoms with van der Waals surface area (Å²) in [7, 11) is 0. The van der Waals surface area contributed by atoms with E-state index >= 15 is 26.3 Å². The molecule has 3 aromatic rings. The van der Waals surface area contributed by atoms with Crippen LogP contribution in [0.2, 0.25) is 0 Å². The Hall–Kier alpha value is -3.03. The molecule has 0 N–H and O–H groups in total. The molecule has 1 atom stereocenters. The largest absolute Gasteiger partial charge is 0.451 e. The average Bonchev–Trinajstić information content (AvgIpc) is 2.85. The van der Waals surface area contributed by atoms with Gasteiger partial charge in [-0.3, -0.25) is 0 Å². The first kappa shape index (κ1) is 28.0. The zero-order chi connectivity index (χ0) is 27.9. The summed E-state index contributed by atoms with van der Waals surface area (Å²) in [6, 6.07) is 10.4. The minimum Gasteiger partial charge on any atom is -0.451 e. The lowest BCUT2D eigenvalue weighted by molar-refractivity contribution is -0.228. The lowest BCUT2D eigenvalue weighted by atomic mass is 9.78. The Kier molecular flexibility index (Phi) is 7.56. The highest BCUT2D eigenvalue weighted by molar-refractivity contribution is 5.77. The molecule has 1 nitrogen and oxygen atoms in total. The third-order valence-corrected chi connectivity index (χ3v) is 7.00. The molecule has 204 valence electrons. The van der Waals surface area contributed by atoms with Gasteiger partial charge >= 0.3 is 11.8 Å². The van der Waals surface area contributed by atoms with Gasteiger partial charge in [-0.2, -0.15) is 22.0 Å². The smallest absolute Gasteiger partial charge is 0.343 e. The van der Waals surface area contributed by atoms with Crippen LogP contribution in [0.25, 0.3) is 11.1 Å².